The number of esters is 1. The second-order valence-corrected chi connectivity index (χ2v) is 4.48. The van der Waals surface area contributed by atoms with E-state index in [1.807, 2.05) is 0 Å². The normalized spacial score (nSPS) is 16.1. The number of aliphatic carboxylic acids is 1. The third-order valence-corrected chi connectivity index (χ3v) is 2.99. The number of hydrogen-bond acceptors (Lipinski definition) is 4. The topological polar surface area (TPSA) is 105 Å². The summed E-state index contributed by atoms with van der Waals surface area (Å²) in [5.41, 5.74) is 0. The van der Waals surface area contributed by atoms with Gasteiger partial charge in [0.05, 0.1) is 6.61 Å². The summed E-state index contributed by atoms with van der Waals surface area (Å²) in [6.45, 7) is 1.93. The number of carbonyl (C=O) groups is 3. The summed E-state index contributed by atoms with van der Waals surface area (Å²) in [6.07, 6.45) is 2.92. The Balaban J connectivity index is 2.32. The van der Waals surface area contributed by atoms with E-state index in [0.717, 1.165) is 19.3 Å². The molecule has 1 rings (SSSR count). The van der Waals surface area contributed by atoms with Crippen LogP contribution in [-0.4, -0.2) is 41.8 Å². The molecule has 0 heterocycles. The van der Waals surface area contributed by atoms with Crippen LogP contribution in [0.1, 0.15) is 39.0 Å². The third-order valence-electron chi connectivity index (χ3n) is 2.99. The van der Waals surface area contributed by atoms with Gasteiger partial charge in [-0.05, 0) is 32.6 Å². The summed E-state index contributed by atoms with van der Waals surface area (Å²) in [5.74, 6) is -1.62. The van der Waals surface area contributed by atoms with Crippen molar-refractivity contribution in [3.05, 3.63) is 0 Å². The second-order valence-electron chi connectivity index (χ2n) is 4.48. The Bertz CT molecular complexity index is 341. The first kappa shape index (κ1) is 15.3. The minimum atomic E-state index is -1.16. The molecule has 1 aliphatic carbocycles. The molecule has 1 aliphatic rings. The molecule has 19 heavy (non-hydrogen) atoms. The number of ether oxygens (including phenoxy) is 1. The van der Waals surface area contributed by atoms with Gasteiger partial charge in [-0.3, -0.25) is 4.79 Å². The highest BCUT2D eigenvalue weighted by molar-refractivity contribution is 5.83. The second kappa shape index (κ2) is 7.60. The Hall–Kier alpha value is -1.79. The van der Waals surface area contributed by atoms with Crippen molar-refractivity contribution in [2.24, 2.45) is 0 Å². The van der Waals surface area contributed by atoms with E-state index in [1.54, 1.807) is 6.92 Å². The maximum absolute atomic E-state index is 11.5. The quantitative estimate of drug-likeness (QED) is 0.590. The van der Waals surface area contributed by atoms with Gasteiger partial charge in [0, 0.05) is 12.5 Å². The molecule has 0 bridgehead atoms. The lowest BCUT2D eigenvalue weighted by molar-refractivity contribution is -0.144. The van der Waals surface area contributed by atoms with E-state index in [-0.39, 0.29) is 25.5 Å². The van der Waals surface area contributed by atoms with E-state index in [0.29, 0.717) is 0 Å². The van der Waals surface area contributed by atoms with Crippen molar-refractivity contribution in [2.45, 2.75) is 51.1 Å². The first-order chi connectivity index (χ1) is 9.02. The van der Waals surface area contributed by atoms with Crippen LogP contribution in [0.4, 0.5) is 4.79 Å². The van der Waals surface area contributed by atoms with E-state index in [4.69, 9.17) is 9.84 Å². The molecule has 0 saturated heterocycles. The molecule has 0 unspecified atom stereocenters. The lowest BCUT2D eigenvalue weighted by Gasteiger charge is -2.27. The van der Waals surface area contributed by atoms with Crippen LogP contribution in [0.5, 0.6) is 0 Å². The van der Waals surface area contributed by atoms with Crippen LogP contribution in [0.15, 0.2) is 0 Å². The maximum Gasteiger partial charge on any atom is 0.326 e. The molecule has 0 aliphatic heterocycles. The summed E-state index contributed by atoms with van der Waals surface area (Å²) >= 11 is 0. The fourth-order valence-electron chi connectivity index (χ4n) is 1.69. The van der Waals surface area contributed by atoms with Crippen LogP contribution >= 0.6 is 0 Å². The highest BCUT2D eigenvalue weighted by atomic mass is 16.5. The van der Waals surface area contributed by atoms with E-state index in [2.05, 4.69) is 10.6 Å². The molecule has 1 saturated carbocycles. The van der Waals surface area contributed by atoms with Gasteiger partial charge in [-0.2, -0.15) is 0 Å². The Morgan fingerprint density at radius 1 is 1.37 bits per heavy atom. The van der Waals surface area contributed by atoms with E-state index >= 15 is 0 Å². The Kier molecular flexibility index (Phi) is 6.11. The van der Waals surface area contributed by atoms with Gasteiger partial charge in [0.2, 0.25) is 0 Å². The Labute approximate surface area is 111 Å². The van der Waals surface area contributed by atoms with Crippen molar-refractivity contribution in [1.29, 1.82) is 0 Å². The number of nitrogens with one attached hydrogen (secondary N) is 2. The van der Waals surface area contributed by atoms with Crippen molar-refractivity contribution < 1.29 is 24.2 Å². The molecule has 7 heteroatoms. The van der Waals surface area contributed by atoms with Crippen LogP contribution in [0.25, 0.3) is 0 Å². The Morgan fingerprint density at radius 3 is 2.53 bits per heavy atom. The SMILES string of the molecule is CCOC(=O)CC[C@H](NC(=O)NC1CCC1)C(=O)O. The van der Waals surface area contributed by atoms with Crippen molar-refractivity contribution in [1.82, 2.24) is 10.6 Å². The largest absolute Gasteiger partial charge is 0.480 e. The third kappa shape index (κ3) is 5.58. The summed E-state index contributed by atoms with van der Waals surface area (Å²) in [5, 5.41) is 14.0. The maximum atomic E-state index is 11.5. The number of hydrogen-bond donors (Lipinski definition) is 3. The zero-order valence-electron chi connectivity index (χ0n) is 11.0. The van der Waals surface area contributed by atoms with Gasteiger partial charge in [0.15, 0.2) is 0 Å². The van der Waals surface area contributed by atoms with Crippen LogP contribution < -0.4 is 10.6 Å². The smallest absolute Gasteiger partial charge is 0.326 e. The van der Waals surface area contributed by atoms with Crippen LogP contribution in [0, 0.1) is 0 Å². The number of rotatable bonds is 7. The van der Waals surface area contributed by atoms with Crippen LogP contribution in [0.3, 0.4) is 0 Å². The molecule has 7 nitrogen and oxygen atoms in total. The summed E-state index contributed by atoms with van der Waals surface area (Å²) in [6, 6.07) is -1.44. The minimum absolute atomic E-state index is 0.0201. The molecule has 1 fully saturated rings. The van der Waals surface area contributed by atoms with E-state index in [1.165, 1.54) is 0 Å². The number of carboxylic acids is 1. The van der Waals surface area contributed by atoms with Gasteiger partial charge in [-0.15, -0.1) is 0 Å². The van der Waals surface area contributed by atoms with Gasteiger partial charge >= 0.3 is 18.0 Å². The molecule has 108 valence electrons. The van der Waals surface area contributed by atoms with Crippen molar-refractivity contribution in [3.8, 4) is 0 Å². The van der Waals surface area contributed by atoms with Gasteiger partial charge in [0.1, 0.15) is 6.04 Å². The summed E-state index contributed by atoms with van der Waals surface area (Å²) < 4.78 is 4.71. The highest BCUT2D eigenvalue weighted by Gasteiger charge is 2.24. The number of urea groups is 1. The lowest BCUT2D eigenvalue weighted by atomic mass is 9.93. The first-order valence-corrected chi connectivity index (χ1v) is 6.48. The molecule has 0 aromatic rings. The average molecular weight is 272 g/mol. The average Bonchev–Trinajstić information content (AvgIpc) is 2.29. The van der Waals surface area contributed by atoms with Crippen LogP contribution in [-0.2, 0) is 14.3 Å². The predicted molar refractivity (Wildman–Crippen MR) is 66.6 cm³/mol. The zero-order chi connectivity index (χ0) is 14.3. The number of carbonyl (C=O) groups excluding carboxylic acids is 2. The van der Waals surface area contributed by atoms with Crippen molar-refractivity contribution >= 4 is 18.0 Å². The molecule has 0 spiro atoms. The molecule has 1 atom stereocenters. The van der Waals surface area contributed by atoms with E-state index in [9.17, 15) is 14.4 Å². The van der Waals surface area contributed by atoms with Crippen molar-refractivity contribution in [3.63, 3.8) is 0 Å². The lowest BCUT2D eigenvalue weighted by Crippen LogP contribution is -2.50. The first-order valence-electron chi connectivity index (χ1n) is 6.48. The Morgan fingerprint density at radius 2 is 2.05 bits per heavy atom. The summed E-state index contributed by atoms with van der Waals surface area (Å²) in [7, 11) is 0. The zero-order valence-corrected chi connectivity index (χ0v) is 11.0. The van der Waals surface area contributed by atoms with Gasteiger partial charge in [0.25, 0.3) is 0 Å². The molecule has 3 N–H and O–H groups in total. The van der Waals surface area contributed by atoms with Gasteiger partial charge in [-0.1, -0.05) is 0 Å². The van der Waals surface area contributed by atoms with Gasteiger partial charge < -0.3 is 20.5 Å². The van der Waals surface area contributed by atoms with E-state index < -0.39 is 24.0 Å². The van der Waals surface area contributed by atoms with Gasteiger partial charge in [-0.25, -0.2) is 9.59 Å². The fourth-order valence-corrected chi connectivity index (χ4v) is 1.69. The number of carboxylic acid groups (broad SMARTS) is 1. The fraction of sp³-hybridized carbons (Fsp3) is 0.750. The predicted octanol–water partition coefficient (Wildman–Crippen LogP) is 0.635. The molecule has 0 aromatic carbocycles. The van der Waals surface area contributed by atoms with Crippen molar-refractivity contribution in [2.75, 3.05) is 6.61 Å². The molecular weight excluding hydrogens is 252 g/mol. The standard InChI is InChI=1S/C12H20N2O5/c1-2-19-10(15)7-6-9(11(16)17)14-12(18)13-8-4-3-5-8/h8-9H,2-7H2,1H3,(H,16,17)(H2,13,14,18)/t9-/m0/s1. The summed E-state index contributed by atoms with van der Waals surface area (Å²) in [4.78, 5) is 33.7. The minimum Gasteiger partial charge on any atom is -0.480 e. The molecule has 0 radical (unpaired) electrons. The molecule has 0 aromatic heterocycles. The monoisotopic (exact) mass is 272 g/mol. The highest BCUT2D eigenvalue weighted by Crippen LogP contribution is 2.17. The molecule has 2 amide bonds. The molecular formula is C12H20N2O5. The number of amides is 2. The van der Waals surface area contributed by atoms with Crippen LogP contribution in [0.2, 0.25) is 0 Å².